The minimum absolute atomic E-state index is 0.00211. The zero-order chi connectivity index (χ0) is 10.8. The van der Waals surface area contributed by atoms with Gasteiger partial charge in [-0.15, -0.1) is 0 Å². The van der Waals surface area contributed by atoms with Gasteiger partial charge in [-0.2, -0.15) is 0 Å². The van der Waals surface area contributed by atoms with Crippen LogP contribution in [0.2, 0.25) is 0 Å². The highest BCUT2D eigenvalue weighted by Crippen LogP contribution is 2.25. The van der Waals surface area contributed by atoms with Crippen LogP contribution < -0.4 is 4.74 Å². The lowest BCUT2D eigenvalue weighted by molar-refractivity contribution is 0.144. The Labute approximate surface area is 83.3 Å². The van der Waals surface area contributed by atoms with Crippen molar-refractivity contribution in [3.63, 3.8) is 0 Å². The van der Waals surface area contributed by atoms with Crippen LogP contribution >= 0.6 is 0 Å². The van der Waals surface area contributed by atoms with Crippen molar-refractivity contribution < 1.29 is 14.6 Å². The van der Waals surface area contributed by atoms with E-state index in [0.717, 1.165) is 5.56 Å². The molecule has 0 fully saturated rings. The van der Waals surface area contributed by atoms with Gasteiger partial charge >= 0.3 is 6.16 Å². The summed E-state index contributed by atoms with van der Waals surface area (Å²) in [4.78, 5) is 10.3. The minimum atomic E-state index is -1.28. The number of benzene rings is 1. The minimum Gasteiger partial charge on any atom is -0.449 e. The molecule has 0 saturated carbocycles. The zero-order valence-electron chi connectivity index (χ0n) is 8.57. The maximum atomic E-state index is 10.3. The summed E-state index contributed by atoms with van der Waals surface area (Å²) in [6, 6.07) is 7.12. The van der Waals surface area contributed by atoms with E-state index in [1.807, 2.05) is 6.07 Å². The predicted molar refractivity (Wildman–Crippen MR) is 53.8 cm³/mol. The van der Waals surface area contributed by atoms with Crippen molar-refractivity contribution in [2.24, 2.45) is 0 Å². The van der Waals surface area contributed by atoms with Gasteiger partial charge in [0.2, 0.25) is 0 Å². The quantitative estimate of drug-likeness (QED) is 0.552. The average molecular weight is 194 g/mol. The van der Waals surface area contributed by atoms with Crippen molar-refractivity contribution in [2.75, 3.05) is 0 Å². The molecule has 3 nitrogen and oxygen atoms in total. The van der Waals surface area contributed by atoms with E-state index in [9.17, 15) is 4.79 Å². The lowest BCUT2D eigenvalue weighted by atomic mass is 9.87. The largest absolute Gasteiger partial charge is 0.511 e. The van der Waals surface area contributed by atoms with Gasteiger partial charge < -0.3 is 9.84 Å². The van der Waals surface area contributed by atoms with Crippen molar-refractivity contribution in [1.29, 1.82) is 0 Å². The first-order valence-corrected chi connectivity index (χ1v) is 4.41. The molecule has 14 heavy (non-hydrogen) atoms. The maximum absolute atomic E-state index is 10.3. The van der Waals surface area contributed by atoms with Gasteiger partial charge in [-0.25, -0.2) is 4.79 Å². The van der Waals surface area contributed by atoms with Crippen LogP contribution in [-0.2, 0) is 5.41 Å². The smallest absolute Gasteiger partial charge is 0.449 e. The van der Waals surface area contributed by atoms with Crippen LogP contribution in [0.5, 0.6) is 5.75 Å². The molecule has 1 rings (SSSR count). The first-order chi connectivity index (χ1) is 6.39. The molecular formula is C11H14O3. The third-order valence-electron chi connectivity index (χ3n) is 1.91. The van der Waals surface area contributed by atoms with E-state index in [-0.39, 0.29) is 5.41 Å². The topological polar surface area (TPSA) is 46.5 Å². The monoisotopic (exact) mass is 194 g/mol. The van der Waals surface area contributed by atoms with Gasteiger partial charge in [0, 0.05) is 0 Å². The summed E-state index contributed by atoms with van der Waals surface area (Å²) in [7, 11) is 0. The van der Waals surface area contributed by atoms with Gasteiger partial charge in [-0.1, -0.05) is 32.9 Å². The SMILES string of the molecule is CC(C)(C)c1cccc(OC(=O)O)c1. The standard InChI is InChI=1S/C11H14O3/c1-11(2,3)8-5-4-6-9(7-8)14-10(12)13/h4-7H,1-3H3,(H,12,13). The van der Waals surface area contributed by atoms with E-state index in [4.69, 9.17) is 5.11 Å². The second-order valence-corrected chi connectivity index (χ2v) is 4.15. The van der Waals surface area contributed by atoms with Gasteiger partial charge in [0.25, 0.3) is 0 Å². The Balaban J connectivity index is 2.95. The summed E-state index contributed by atoms with van der Waals surface area (Å²) in [6.07, 6.45) is -1.28. The van der Waals surface area contributed by atoms with Crippen molar-refractivity contribution in [3.8, 4) is 5.75 Å². The molecule has 3 heteroatoms. The van der Waals surface area contributed by atoms with Gasteiger partial charge in [0.15, 0.2) is 0 Å². The Bertz CT molecular complexity index is 337. The highest BCUT2D eigenvalue weighted by Gasteiger charge is 2.14. The molecule has 1 N–H and O–H groups in total. The molecule has 0 bridgehead atoms. The Morgan fingerprint density at radius 1 is 1.36 bits per heavy atom. The molecule has 0 aromatic heterocycles. The average Bonchev–Trinajstić information content (AvgIpc) is 2.01. The molecule has 0 aliphatic rings. The Morgan fingerprint density at radius 3 is 2.50 bits per heavy atom. The fraction of sp³-hybridized carbons (Fsp3) is 0.364. The molecule has 0 atom stereocenters. The maximum Gasteiger partial charge on any atom is 0.511 e. The molecule has 1 aromatic rings. The summed E-state index contributed by atoms with van der Waals surface area (Å²) in [5.74, 6) is 0.366. The molecule has 0 radical (unpaired) electrons. The van der Waals surface area contributed by atoms with Crippen LogP contribution in [0.4, 0.5) is 4.79 Å². The van der Waals surface area contributed by atoms with E-state index in [1.165, 1.54) is 0 Å². The molecule has 0 unspecified atom stereocenters. The van der Waals surface area contributed by atoms with E-state index in [2.05, 4.69) is 25.5 Å². The summed E-state index contributed by atoms with van der Waals surface area (Å²) < 4.78 is 4.57. The van der Waals surface area contributed by atoms with Crippen LogP contribution in [0.25, 0.3) is 0 Å². The molecule has 1 aromatic carbocycles. The second-order valence-electron chi connectivity index (χ2n) is 4.15. The molecule has 0 aliphatic heterocycles. The highest BCUT2D eigenvalue weighted by molar-refractivity contribution is 5.61. The van der Waals surface area contributed by atoms with Gasteiger partial charge in [-0.05, 0) is 23.1 Å². The van der Waals surface area contributed by atoms with E-state index < -0.39 is 6.16 Å². The molecule has 0 amide bonds. The number of carboxylic acid groups (broad SMARTS) is 1. The highest BCUT2D eigenvalue weighted by atomic mass is 16.7. The van der Waals surface area contributed by atoms with Crippen molar-refractivity contribution >= 4 is 6.16 Å². The molecule has 0 saturated heterocycles. The third-order valence-corrected chi connectivity index (χ3v) is 1.91. The number of carbonyl (C=O) groups is 1. The molecule has 0 heterocycles. The van der Waals surface area contributed by atoms with Crippen molar-refractivity contribution in [1.82, 2.24) is 0 Å². The number of hydrogen-bond acceptors (Lipinski definition) is 2. The van der Waals surface area contributed by atoms with Crippen molar-refractivity contribution in [3.05, 3.63) is 29.8 Å². The van der Waals surface area contributed by atoms with Crippen molar-refractivity contribution in [2.45, 2.75) is 26.2 Å². The molecule has 0 spiro atoms. The molecule has 0 aliphatic carbocycles. The fourth-order valence-corrected chi connectivity index (χ4v) is 1.13. The lowest BCUT2D eigenvalue weighted by Crippen LogP contribution is -2.11. The summed E-state index contributed by atoms with van der Waals surface area (Å²) in [5.41, 5.74) is 1.05. The zero-order valence-corrected chi connectivity index (χ0v) is 8.57. The second kappa shape index (κ2) is 3.70. The fourth-order valence-electron chi connectivity index (χ4n) is 1.13. The molecule has 76 valence electrons. The summed E-state index contributed by atoms with van der Waals surface area (Å²) in [5, 5.41) is 8.44. The third kappa shape index (κ3) is 2.76. The molecular weight excluding hydrogens is 180 g/mol. The summed E-state index contributed by atoms with van der Waals surface area (Å²) >= 11 is 0. The first-order valence-electron chi connectivity index (χ1n) is 4.41. The predicted octanol–water partition coefficient (Wildman–Crippen LogP) is 3.04. The summed E-state index contributed by atoms with van der Waals surface area (Å²) in [6.45, 7) is 6.19. The van der Waals surface area contributed by atoms with E-state index >= 15 is 0 Å². The van der Waals surface area contributed by atoms with E-state index in [1.54, 1.807) is 18.2 Å². The number of rotatable bonds is 1. The van der Waals surface area contributed by atoms with Crippen LogP contribution in [0, 0.1) is 0 Å². The van der Waals surface area contributed by atoms with Crippen LogP contribution in [0.1, 0.15) is 26.3 Å². The first kappa shape index (κ1) is 10.6. The van der Waals surface area contributed by atoms with Crippen LogP contribution in [0.15, 0.2) is 24.3 Å². The van der Waals surface area contributed by atoms with Gasteiger partial charge in [0.1, 0.15) is 5.75 Å². The Kier molecular flexibility index (Phi) is 2.79. The Morgan fingerprint density at radius 2 is 2.00 bits per heavy atom. The Hall–Kier alpha value is -1.51. The normalized spacial score (nSPS) is 11.1. The lowest BCUT2D eigenvalue weighted by Gasteiger charge is -2.19. The van der Waals surface area contributed by atoms with Gasteiger partial charge in [-0.3, -0.25) is 0 Å². The number of ether oxygens (including phenoxy) is 1. The number of hydrogen-bond donors (Lipinski definition) is 1. The van der Waals surface area contributed by atoms with E-state index in [0.29, 0.717) is 5.75 Å². The van der Waals surface area contributed by atoms with Gasteiger partial charge in [0.05, 0.1) is 0 Å². The van der Waals surface area contributed by atoms with Crippen LogP contribution in [0.3, 0.4) is 0 Å². The van der Waals surface area contributed by atoms with Crippen LogP contribution in [-0.4, -0.2) is 11.3 Å².